The van der Waals surface area contributed by atoms with E-state index in [4.69, 9.17) is 10.5 Å². The number of benzene rings is 1. The highest BCUT2D eigenvalue weighted by atomic mass is 19.1. The smallest absolute Gasteiger partial charge is 0.256 e. The predicted octanol–water partition coefficient (Wildman–Crippen LogP) is 1.38. The first-order chi connectivity index (χ1) is 8.20. The van der Waals surface area contributed by atoms with Gasteiger partial charge in [-0.05, 0) is 11.6 Å². The molecule has 0 saturated carbocycles. The number of methoxy groups -OCH3 is 1. The molecule has 0 radical (unpaired) electrons. The van der Waals surface area contributed by atoms with E-state index >= 15 is 0 Å². The van der Waals surface area contributed by atoms with Gasteiger partial charge in [0.2, 0.25) is 0 Å². The summed E-state index contributed by atoms with van der Waals surface area (Å²) in [5.41, 5.74) is 7.55. The molecule has 1 amide bonds. The molecule has 1 unspecified atom stereocenters. The number of rotatable bonds is 4. The number of nitrogen functional groups attached to an aromatic ring is 1. The number of amides is 1. The number of nitrogens with zero attached hydrogens (tertiary/aromatic N) is 1. The molecular formula is C12H15FN2O2. The van der Waals surface area contributed by atoms with Crippen molar-refractivity contribution in [2.75, 3.05) is 32.7 Å². The third-order valence-corrected chi connectivity index (χ3v) is 2.99. The van der Waals surface area contributed by atoms with Gasteiger partial charge in [0, 0.05) is 12.8 Å². The summed E-state index contributed by atoms with van der Waals surface area (Å²) in [4.78, 5) is 13.6. The standard InChI is InChI=1S/C12H15FN2O2/c1-17-7-10-8-3-2-4-9(14)11(8)12(16)15(10)6-5-13/h2-4,10H,5-7,14H2,1H3. The van der Waals surface area contributed by atoms with Crippen LogP contribution in [0, 0.1) is 0 Å². The maximum absolute atomic E-state index is 12.5. The number of carbonyl (C=O) groups is 1. The third kappa shape index (κ3) is 1.86. The van der Waals surface area contributed by atoms with E-state index in [2.05, 4.69) is 0 Å². The van der Waals surface area contributed by atoms with Gasteiger partial charge in [0.15, 0.2) is 0 Å². The number of halogens is 1. The summed E-state index contributed by atoms with van der Waals surface area (Å²) in [6.07, 6.45) is 0. The first kappa shape index (κ1) is 11.9. The number of hydrogen-bond donors (Lipinski definition) is 1. The van der Waals surface area contributed by atoms with Crippen molar-refractivity contribution in [3.63, 3.8) is 0 Å². The van der Waals surface area contributed by atoms with E-state index in [1.54, 1.807) is 19.2 Å². The molecule has 0 spiro atoms. The van der Waals surface area contributed by atoms with E-state index in [9.17, 15) is 9.18 Å². The molecule has 0 aliphatic carbocycles. The number of fused-ring (bicyclic) bond motifs is 1. The van der Waals surface area contributed by atoms with Gasteiger partial charge >= 0.3 is 0 Å². The zero-order valence-corrected chi connectivity index (χ0v) is 9.65. The predicted molar refractivity (Wildman–Crippen MR) is 62.5 cm³/mol. The van der Waals surface area contributed by atoms with E-state index in [0.717, 1.165) is 5.56 Å². The number of hydrogen-bond acceptors (Lipinski definition) is 3. The van der Waals surface area contributed by atoms with E-state index < -0.39 is 6.67 Å². The van der Waals surface area contributed by atoms with Gasteiger partial charge in [-0.25, -0.2) is 4.39 Å². The van der Waals surface area contributed by atoms with E-state index in [1.807, 2.05) is 6.07 Å². The lowest BCUT2D eigenvalue weighted by atomic mass is 10.0. The third-order valence-electron chi connectivity index (χ3n) is 2.99. The molecular weight excluding hydrogens is 223 g/mol. The van der Waals surface area contributed by atoms with Crippen LogP contribution in [0.4, 0.5) is 10.1 Å². The maximum atomic E-state index is 12.5. The van der Waals surface area contributed by atoms with Gasteiger partial charge < -0.3 is 15.4 Å². The average molecular weight is 238 g/mol. The van der Waals surface area contributed by atoms with E-state index in [1.165, 1.54) is 4.90 Å². The second kappa shape index (κ2) is 4.71. The zero-order chi connectivity index (χ0) is 12.4. The molecule has 1 aliphatic heterocycles. The minimum atomic E-state index is -0.570. The molecule has 0 aromatic heterocycles. The maximum Gasteiger partial charge on any atom is 0.256 e. The van der Waals surface area contributed by atoms with Crippen LogP contribution in [0.5, 0.6) is 0 Å². The summed E-state index contributed by atoms with van der Waals surface area (Å²) < 4.78 is 17.6. The SMILES string of the molecule is COCC1c2cccc(N)c2C(=O)N1CCF. The van der Waals surface area contributed by atoms with E-state index in [0.29, 0.717) is 17.9 Å². The van der Waals surface area contributed by atoms with Crippen molar-refractivity contribution < 1.29 is 13.9 Å². The van der Waals surface area contributed by atoms with Crippen LogP contribution in [0.25, 0.3) is 0 Å². The molecule has 2 N–H and O–H groups in total. The highest BCUT2D eigenvalue weighted by molar-refractivity contribution is 6.03. The van der Waals surface area contributed by atoms with Crippen molar-refractivity contribution in [1.29, 1.82) is 0 Å². The van der Waals surface area contributed by atoms with Gasteiger partial charge in [-0.2, -0.15) is 0 Å². The fourth-order valence-corrected chi connectivity index (χ4v) is 2.25. The summed E-state index contributed by atoms with van der Waals surface area (Å²) in [7, 11) is 1.56. The Hall–Kier alpha value is -1.62. The fraction of sp³-hybridized carbons (Fsp3) is 0.417. The largest absolute Gasteiger partial charge is 0.398 e. The number of anilines is 1. The van der Waals surface area contributed by atoms with Crippen molar-refractivity contribution in [3.05, 3.63) is 29.3 Å². The van der Waals surface area contributed by atoms with Crippen molar-refractivity contribution in [3.8, 4) is 0 Å². The number of ether oxygens (including phenoxy) is 1. The van der Waals surface area contributed by atoms with Gasteiger partial charge in [-0.15, -0.1) is 0 Å². The number of alkyl halides is 1. The first-order valence-electron chi connectivity index (χ1n) is 5.45. The molecule has 0 fully saturated rings. The molecule has 17 heavy (non-hydrogen) atoms. The van der Waals surface area contributed by atoms with Gasteiger partial charge in [-0.3, -0.25) is 4.79 Å². The number of nitrogens with two attached hydrogens (primary N) is 1. The molecule has 92 valence electrons. The molecule has 0 saturated heterocycles. The number of carbonyl (C=O) groups excluding carboxylic acids is 1. The summed E-state index contributed by atoms with van der Waals surface area (Å²) in [5.74, 6) is -0.210. The molecule has 2 rings (SSSR count). The van der Waals surface area contributed by atoms with E-state index in [-0.39, 0.29) is 18.5 Å². The van der Waals surface area contributed by atoms with Gasteiger partial charge in [0.25, 0.3) is 5.91 Å². The van der Waals surface area contributed by atoms with Crippen molar-refractivity contribution >= 4 is 11.6 Å². The molecule has 1 heterocycles. The normalized spacial score (nSPS) is 18.6. The Morgan fingerprint density at radius 1 is 1.53 bits per heavy atom. The van der Waals surface area contributed by atoms with Crippen LogP contribution in [0.1, 0.15) is 22.0 Å². The Labute approximate surface area is 99.2 Å². The Bertz CT molecular complexity index is 437. The lowest BCUT2D eigenvalue weighted by Crippen LogP contribution is -2.32. The molecule has 1 aromatic rings. The Morgan fingerprint density at radius 2 is 2.29 bits per heavy atom. The lowest BCUT2D eigenvalue weighted by Gasteiger charge is -2.23. The topological polar surface area (TPSA) is 55.6 Å². The van der Waals surface area contributed by atoms with Crippen LogP contribution < -0.4 is 5.73 Å². The van der Waals surface area contributed by atoms with Crippen LogP contribution in [0.2, 0.25) is 0 Å². The van der Waals surface area contributed by atoms with Gasteiger partial charge in [0.1, 0.15) is 6.67 Å². The second-order valence-electron chi connectivity index (χ2n) is 3.97. The van der Waals surface area contributed by atoms with Crippen LogP contribution in [0.15, 0.2) is 18.2 Å². The van der Waals surface area contributed by atoms with Crippen LogP contribution in [-0.4, -0.2) is 37.7 Å². The Kier molecular flexibility index (Phi) is 3.28. The minimum absolute atomic E-state index is 0.0704. The summed E-state index contributed by atoms with van der Waals surface area (Å²) in [6.45, 7) is -0.150. The highest BCUT2D eigenvalue weighted by Gasteiger charge is 2.37. The van der Waals surface area contributed by atoms with Crippen molar-refractivity contribution in [2.24, 2.45) is 0 Å². The molecule has 1 aromatic carbocycles. The van der Waals surface area contributed by atoms with Crippen LogP contribution in [-0.2, 0) is 4.74 Å². The molecule has 0 bridgehead atoms. The van der Waals surface area contributed by atoms with Crippen molar-refractivity contribution in [2.45, 2.75) is 6.04 Å². The Morgan fingerprint density at radius 3 is 2.94 bits per heavy atom. The lowest BCUT2D eigenvalue weighted by molar-refractivity contribution is 0.0582. The summed E-state index contributed by atoms with van der Waals surface area (Å²) >= 11 is 0. The molecule has 1 atom stereocenters. The molecule has 5 heteroatoms. The first-order valence-corrected chi connectivity index (χ1v) is 5.45. The van der Waals surface area contributed by atoms with Crippen molar-refractivity contribution in [1.82, 2.24) is 4.90 Å². The fourth-order valence-electron chi connectivity index (χ4n) is 2.25. The van der Waals surface area contributed by atoms with Gasteiger partial charge in [-0.1, -0.05) is 12.1 Å². The summed E-state index contributed by atoms with van der Waals surface area (Å²) in [6, 6.07) is 5.08. The van der Waals surface area contributed by atoms with Crippen LogP contribution >= 0.6 is 0 Å². The van der Waals surface area contributed by atoms with Gasteiger partial charge in [0.05, 0.1) is 24.8 Å². The minimum Gasteiger partial charge on any atom is -0.398 e. The second-order valence-corrected chi connectivity index (χ2v) is 3.97. The average Bonchev–Trinajstić information content (AvgIpc) is 2.57. The quantitative estimate of drug-likeness (QED) is 0.806. The summed E-state index contributed by atoms with van der Waals surface area (Å²) in [5, 5.41) is 0. The monoisotopic (exact) mass is 238 g/mol. The molecule has 4 nitrogen and oxygen atoms in total. The Balaban J connectivity index is 2.43. The van der Waals surface area contributed by atoms with Crippen LogP contribution in [0.3, 0.4) is 0 Å². The molecule has 1 aliphatic rings. The zero-order valence-electron chi connectivity index (χ0n) is 9.65. The highest BCUT2D eigenvalue weighted by Crippen LogP contribution is 2.36.